The predicted octanol–water partition coefficient (Wildman–Crippen LogP) is 4.65. The Balaban J connectivity index is 1.38. The number of imidazole rings is 1. The Labute approximate surface area is 203 Å². The zero-order valence-corrected chi connectivity index (χ0v) is 19.6. The summed E-state index contributed by atoms with van der Waals surface area (Å²) in [4.78, 5) is 19.0. The summed E-state index contributed by atoms with van der Waals surface area (Å²) in [5, 5.41) is 15.0. The standard InChI is InChI=1S/C25H19FN8S/c1-34(2)14-7-13(8-27-9-14)16-10-28-24-18(19(16)26)22(32-33-24)25-30-20-15(12-5-6-35-11-12)3-4-17-21(29-17)23(20)31-25/h3-11,21,29H,1-2H3,(H,30,31)(H,28,32,33). The van der Waals surface area contributed by atoms with E-state index in [1.807, 2.05) is 30.4 Å². The van der Waals surface area contributed by atoms with Crippen molar-refractivity contribution in [3.05, 3.63) is 82.1 Å². The summed E-state index contributed by atoms with van der Waals surface area (Å²) in [6.07, 6.45) is 9.04. The maximum atomic E-state index is 16.0. The number of aromatic amines is 2. The first-order valence-electron chi connectivity index (χ1n) is 11.1. The Morgan fingerprint density at radius 3 is 2.86 bits per heavy atom. The molecule has 1 fully saturated rings. The average molecular weight is 483 g/mol. The second kappa shape index (κ2) is 7.34. The van der Waals surface area contributed by atoms with Crippen LogP contribution in [0.5, 0.6) is 0 Å². The molecular formula is C25H19FN8S. The molecule has 3 N–H and O–H groups in total. The Hall–Kier alpha value is -4.31. The second-order valence-corrected chi connectivity index (χ2v) is 9.53. The van der Waals surface area contributed by atoms with Crippen molar-refractivity contribution in [3.63, 3.8) is 0 Å². The molecule has 0 bridgehead atoms. The van der Waals surface area contributed by atoms with Crippen molar-refractivity contribution in [1.29, 1.82) is 0 Å². The topological polar surface area (TPSA) is 108 Å². The minimum atomic E-state index is -0.415. The fourth-order valence-electron chi connectivity index (χ4n) is 4.46. The minimum absolute atomic E-state index is 0.0752. The number of hydrogen-bond donors (Lipinski definition) is 3. The largest absolute Gasteiger partial charge is 0.376 e. The fraction of sp³-hybridized carbons (Fsp3) is 0.120. The number of anilines is 1. The number of H-pyrrole nitrogens is 2. The lowest BCUT2D eigenvalue weighted by Gasteiger charge is -2.13. The van der Waals surface area contributed by atoms with Crippen LogP contribution in [-0.4, -0.2) is 44.2 Å². The molecule has 7 rings (SSSR count). The van der Waals surface area contributed by atoms with Crippen molar-refractivity contribution < 1.29 is 4.39 Å². The summed E-state index contributed by atoms with van der Waals surface area (Å²) in [5.74, 6) is 0.105. The second-order valence-electron chi connectivity index (χ2n) is 8.75. The molecule has 0 spiro atoms. The number of aromatic nitrogens is 6. The summed E-state index contributed by atoms with van der Waals surface area (Å²) >= 11 is 1.64. The molecule has 1 atom stereocenters. The van der Waals surface area contributed by atoms with Gasteiger partial charge in [-0.15, -0.1) is 0 Å². The van der Waals surface area contributed by atoms with Gasteiger partial charge in [0.15, 0.2) is 11.5 Å². The molecular weight excluding hydrogens is 463 g/mol. The highest BCUT2D eigenvalue weighted by molar-refractivity contribution is 7.08. The summed E-state index contributed by atoms with van der Waals surface area (Å²) < 4.78 is 16.0. The summed E-state index contributed by atoms with van der Waals surface area (Å²) in [6, 6.07) is 4.04. The molecule has 1 saturated heterocycles. The summed E-state index contributed by atoms with van der Waals surface area (Å²) in [5.41, 5.74) is 7.69. The van der Waals surface area contributed by atoms with Gasteiger partial charge in [-0.3, -0.25) is 10.1 Å². The number of thiophene rings is 1. The van der Waals surface area contributed by atoms with Crippen molar-refractivity contribution in [2.75, 3.05) is 19.0 Å². The van der Waals surface area contributed by atoms with Crippen LogP contribution in [0.2, 0.25) is 0 Å². The minimum Gasteiger partial charge on any atom is -0.376 e. The molecule has 0 saturated carbocycles. The van der Waals surface area contributed by atoms with Gasteiger partial charge in [-0.1, -0.05) is 6.08 Å². The van der Waals surface area contributed by atoms with E-state index in [4.69, 9.17) is 4.98 Å². The number of nitrogens with one attached hydrogen (secondary N) is 3. The van der Waals surface area contributed by atoms with Gasteiger partial charge in [0.1, 0.15) is 17.6 Å². The van der Waals surface area contributed by atoms with Crippen LogP contribution < -0.4 is 10.2 Å². The smallest absolute Gasteiger partial charge is 0.184 e. The lowest BCUT2D eigenvalue weighted by molar-refractivity contribution is 0.642. The first kappa shape index (κ1) is 20.1. The van der Waals surface area contributed by atoms with E-state index in [0.29, 0.717) is 33.7 Å². The van der Waals surface area contributed by atoms with Crippen molar-refractivity contribution in [2.24, 2.45) is 0 Å². The molecule has 1 unspecified atom stereocenters. The number of pyridine rings is 2. The van der Waals surface area contributed by atoms with Crippen molar-refractivity contribution in [1.82, 2.24) is 35.5 Å². The van der Waals surface area contributed by atoms with Crippen molar-refractivity contribution in [3.8, 4) is 22.6 Å². The van der Waals surface area contributed by atoms with Crippen LogP contribution >= 0.6 is 11.3 Å². The number of nitrogens with zero attached hydrogens (tertiary/aromatic N) is 5. The van der Waals surface area contributed by atoms with E-state index in [9.17, 15) is 0 Å². The van der Waals surface area contributed by atoms with Crippen molar-refractivity contribution >= 4 is 33.6 Å². The highest BCUT2D eigenvalue weighted by Crippen LogP contribution is 2.43. The third-order valence-corrected chi connectivity index (χ3v) is 7.07. The maximum Gasteiger partial charge on any atom is 0.184 e. The summed E-state index contributed by atoms with van der Waals surface area (Å²) in [7, 11) is 3.84. The van der Waals surface area contributed by atoms with Crippen LogP contribution in [0.3, 0.4) is 0 Å². The molecule has 0 aromatic carbocycles. The lowest BCUT2D eigenvalue weighted by Crippen LogP contribution is -2.08. The van der Waals surface area contributed by atoms with Gasteiger partial charge >= 0.3 is 0 Å². The number of allylic oxidation sites excluding steroid dienone is 2. The SMILES string of the molecule is CN(C)c1cncc(-c2cnc3n[nH]c(-c4nc5c([nH]4)C4NC4=CC=C5c4ccsc4)c3c2F)c1. The predicted molar refractivity (Wildman–Crippen MR) is 134 cm³/mol. The van der Waals surface area contributed by atoms with E-state index >= 15 is 4.39 Å². The van der Waals surface area contributed by atoms with E-state index in [1.165, 1.54) is 6.20 Å². The van der Waals surface area contributed by atoms with Gasteiger partial charge in [-0.25, -0.2) is 14.4 Å². The van der Waals surface area contributed by atoms with E-state index in [2.05, 4.69) is 54.1 Å². The number of rotatable bonds is 4. The van der Waals surface area contributed by atoms with Gasteiger partial charge in [0.2, 0.25) is 0 Å². The molecule has 5 aromatic heterocycles. The number of hydrogen-bond acceptors (Lipinski definition) is 7. The zero-order valence-electron chi connectivity index (χ0n) is 18.8. The van der Waals surface area contributed by atoms with Gasteiger partial charge in [-0.2, -0.15) is 16.4 Å². The van der Waals surface area contributed by atoms with Crippen LogP contribution in [0.1, 0.15) is 23.0 Å². The maximum absolute atomic E-state index is 16.0. The molecule has 0 amide bonds. The lowest BCUT2D eigenvalue weighted by atomic mass is 10.0. The van der Waals surface area contributed by atoms with Crippen LogP contribution in [-0.2, 0) is 0 Å². The Morgan fingerprint density at radius 2 is 2.03 bits per heavy atom. The summed E-state index contributed by atoms with van der Waals surface area (Å²) in [6.45, 7) is 0. The van der Waals surface area contributed by atoms with Crippen LogP contribution in [0, 0.1) is 5.82 Å². The van der Waals surface area contributed by atoms with E-state index in [0.717, 1.165) is 33.9 Å². The zero-order chi connectivity index (χ0) is 23.7. The highest BCUT2D eigenvalue weighted by Gasteiger charge is 2.37. The van der Waals surface area contributed by atoms with Gasteiger partial charge in [-0.05, 0) is 34.5 Å². The fourth-order valence-corrected chi connectivity index (χ4v) is 5.12. The molecule has 2 aliphatic rings. The first-order chi connectivity index (χ1) is 17.1. The Bertz CT molecular complexity index is 1680. The first-order valence-corrected chi connectivity index (χ1v) is 12.0. The van der Waals surface area contributed by atoms with E-state index < -0.39 is 5.82 Å². The van der Waals surface area contributed by atoms with Gasteiger partial charge < -0.3 is 15.2 Å². The molecule has 1 aliphatic carbocycles. The van der Waals surface area contributed by atoms with Crippen molar-refractivity contribution in [2.45, 2.75) is 6.04 Å². The molecule has 172 valence electrons. The molecule has 6 heterocycles. The molecule has 8 nitrogen and oxygen atoms in total. The third kappa shape index (κ3) is 3.10. The monoisotopic (exact) mass is 482 g/mol. The van der Waals surface area contributed by atoms with Crippen LogP contribution in [0.15, 0.2) is 59.3 Å². The number of halogens is 1. The quantitative estimate of drug-likeness (QED) is 0.322. The molecule has 0 radical (unpaired) electrons. The van der Waals surface area contributed by atoms with E-state index in [-0.39, 0.29) is 6.04 Å². The van der Waals surface area contributed by atoms with Crippen LogP contribution in [0.25, 0.3) is 39.3 Å². The Kier molecular flexibility index (Phi) is 4.22. The third-order valence-electron chi connectivity index (χ3n) is 6.38. The molecule has 10 heteroatoms. The molecule has 1 aliphatic heterocycles. The molecule has 5 aromatic rings. The van der Waals surface area contributed by atoms with Gasteiger partial charge in [0.05, 0.1) is 28.7 Å². The average Bonchev–Trinajstić information content (AvgIpc) is 3.23. The number of fused-ring (bicyclic) bond motifs is 4. The molecule has 35 heavy (non-hydrogen) atoms. The van der Waals surface area contributed by atoms with Gasteiger partial charge in [0.25, 0.3) is 0 Å². The van der Waals surface area contributed by atoms with Crippen LogP contribution in [0.4, 0.5) is 10.1 Å². The van der Waals surface area contributed by atoms with E-state index in [1.54, 1.807) is 23.7 Å². The Morgan fingerprint density at radius 1 is 1.11 bits per heavy atom. The normalized spacial score (nSPS) is 16.1. The van der Waals surface area contributed by atoms with Gasteiger partial charge in [0, 0.05) is 48.9 Å². The highest BCUT2D eigenvalue weighted by atomic mass is 32.1.